The summed E-state index contributed by atoms with van der Waals surface area (Å²) in [6, 6.07) is 15.7. The average molecular weight is 434 g/mol. The number of likely N-dealkylation sites (N-methyl/N-ethyl adjacent to an activating group) is 1. The van der Waals surface area contributed by atoms with Crippen LogP contribution in [-0.2, 0) is 0 Å². The fourth-order valence-electron chi connectivity index (χ4n) is 4.51. The van der Waals surface area contributed by atoms with Crippen LogP contribution in [0.25, 0.3) is 11.1 Å². The molecule has 2 saturated heterocycles. The van der Waals surface area contributed by atoms with Gasteiger partial charge in [-0.2, -0.15) is 0 Å². The lowest BCUT2D eigenvalue weighted by atomic mass is 9.98. The molecule has 0 spiro atoms. The molecule has 4 rings (SSSR count). The number of hydrogen-bond donors (Lipinski definition) is 0. The summed E-state index contributed by atoms with van der Waals surface area (Å²) in [7, 11) is 2.12. The minimum atomic E-state index is 0.175. The summed E-state index contributed by atoms with van der Waals surface area (Å²) in [6.07, 6.45) is 2.36. The van der Waals surface area contributed by atoms with Crippen LogP contribution in [0.2, 0.25) is 0 Å². The maximum absolute atomic E-state index is 12.7. The highest BCUT2D eigenvalue weighted by molar-refractivity contribution is 5.99. The summed E-state index contributed by atoms with van der Waals surface area (Å²) in [5.74, 6) is 1.14. The van der Waals surface area contributed by atoms with Gasteiger partial charge in [0.15, 0.2) is 11.6 Å². The lowest BCUT2D eigenvalue weighted by Gasteiger charge is -2.31. The molecule has 0 saturated carbocycles. The van der Waals surface area contributed by atoms with Crippen LogP contribution >= 0.6 is 0 Å². The molecule has 5 nitrogen and oxygen atoms in total. The molecular formula is C27H35N3O2. The molecule has 2 aromatic carbocycles. The molecule has 0 amide bonds. The molecule has 2 aromatic rings. The van der Waals surface area contributed by atoms with E-state index in [1.807, 2.05) is 48.5 Å². The number of piperazine rings is 1. The first-order valence-corrected chi connectivity index (χ1v) is 11.9. The highest BCUT2D eigenvalue weighted by Crippen LogP contribution is 2.22. The maximum atomic E-state index is 12.7. The van der Waals surface area contributed by atoms with E-state index in [1.54, 1.807) is 0 Å². The average Bonchev–Trinajstić information content (AvgIpc) is 2.82. The van der Waals surface area contributed by atoms with Crippen LogP contribution in [0.1, 0.15) is 40.5 Å². The second-order valence-corrected chi connectivity index (χ2v) is 9.54. The Kier molecular flexibility index (Phi) is 7.51. The van der Waals surface area contributed by atoms with Gasteiger partial charge in [-0.05, 0) is 50.0 Å². The van der Waals surface area contributed by atoms with Crippen LogP contribution in [0.5, 0.6) is 0 Å². The van der Waals surface area contributed by atoms with Crippen molar-refractivity contribution in [3.8, 4) is 11.1 Å². The van der Waals surface area contributed by atoms with Crippen molar-refractivity contribution >= 4 is 11.6 Å². The van der Waals surface area contributed by atoms with Gasteiger partial charge in [0.2, 0.25) is 0 Å². The van der Waals surface area contributed by atoms with Gasteiger partial charge in [-0.1, -0.05) is 55.5 Å². The Balaban J connectivity index is 1.32. The molecule has 0 N–H and O–H groups in total. The van der Waals surface area contributed by atoms with E-state index in [-0.39, 0.29) is 11.6 Å². The molecule has 32 heavy (non-hydrogen) atoms. The molecule has 0 radical (unpaired) electrons. The number of piperidine rings is 1. The smallest absolute Gasteiger partial charge is 0.176 e. The fourth-order valence-corrected chi connectivity index (χ4v) is 4.51. The van der Waals surface area contributed by atoms with E-state index in [0.29, 0.717) is 13.1 Å². The highest BCUT2D eigenvalue weighted by atomic mass is 16.1. The Labute approximate surface area is 192 Å². The topological polar surface area (TPSA) is 43.9 Å². The summed E-state index contributed by atoms with van der Waals surface area (Å²) in [4.78, 5) is 32.1. The van der Waals surface area contributed by atoms with Crippen LogP contribution in [0, 0.1) is 5.92 Å². The molecule has 2 aliphatic rings. The fraction of sp³-hybridized carbons (Fsp3) is 0.481. The van der Waals surface area contributed by atoms with E-state index in [1.165, 1.54) is 12.8 Å². The lowest BCUT2D eigenvalue weighted by Crippen LogP contribution is -2.46. The summed E-state index contributed by atoms with van der Waals surface area (Å²) >= 11 is 0. The summed E-state index contributed by atoms with van der Waals surface area (Å²) in [5, 5.41) is 0. The molecule has 0 aromatic heterocycles. The predicted octanol–water partition coefficient (Wildman–Crippen LogP) is 3.70. The van der Waals surface area contributed by atoms with E-state index < -0.39 is 0 Å². The monoisotopic (exact) mass is 433 g/mol. The zero-order chi connectivity index (χ0) is 22.5. The van der Waals surface area contributed by atoms with Crippen molar-refractivity contribution in [1.29, 1.82) is 0 Å². The van der Waals surface area contributed by atoms with Gasteiger partial charge in [0.25, 0.3) is 0 Å². The number of hydrogen-bond acceptors (Lipinski definition) is 5. The van der Waals surface area contributed by atoms with Gasteiger partial charge in [-0.3, -0.25) is 19.4 Å². The third-order valence-electron chi connectivity index (χ3n) is 6.95. The van der Waals surface area contributed by atoms with Crippen molar-refractivity contribution in [2.75, 3.05) is 59.4 Å². The molecule has 5 heteroatoms. The molecule has 0 aliphatic carbocycles. The number of benzene rings is 2. The number of rotatable bonds is 7. The van der Waals surface area contributed by atoms with Crippen LogP contribution in [0.15, 0.2) is 48.5 Å². The van der Waals surface area contributed by atoms with Gasteiger partial charge >= 0.3 is 0 Å². The van der Waals surface area contributed by atoms with Crippen molar-refractivity contribution in [3.05, 3.63) is 59.7 Å². The number of ketones is 2. The van der Waals surface area contributed by atoms with E-state index in [9.17, 15) is 9.59 Å². The molecule has 170 valence electrons. The van der Waals surface area contributed by atoms with Crippen LogP contribution in [0.3, 0.4) is 0 Å². The highest BCUT2D eigenvalue weighted by Gasteiger charge is 2.19. The minimum absolute atomic E-state index is 0.175. The quantitative estimate of drug-likeness (QED) is 0.623. The number of carbonyl (C=O) groups is 2. The minimum Gasteiger partial charge on any atom is -0.304 e. The number of nitrogens with zero attached hydrogens (tertiary/aromatic N) is 3. The molecule has 0 bridgehead atoms. The molecule has 2 heterocycles. The Morgan fingerprint density at radius 3 is 1.53 bits per heavy atom. The second kappa shape index (κ2) is 10.5. The second-order valence-electron chi connectivity index (χ2n) is 9.54. The van der Waals surface area contributed by atoms with Gasteiger partial charge in [0, 0.05) is 37.3 Å². The maximum Gasteiger partial charge on any atom is 0.176 e. The van der Waals surface area contributed by atoms with Gasteiger partial charge in [0.1, 0.15) is 0 Å². The van der Waals surface area contributed by atoms with E-state index >= 15 is 0 Å². The van der Waals surface area contributed by atoms with Crippen molar-refractivity contribution in [3.63, 3.8) is 0 Å². The first kappa shape index (κ1) is 22.8. The Morgan fingerprint density at radius 1 is 0.688 bits per heavy atom. The van der Waals surface area contributed by atoms with Gasteiger partial charge in [-0.25, -0.2) is 0 Å². The molecular weight excluding hydrogens is 398 g/mol. The first-order valence-electron chi connectivity index (χ1n) is 11.9. The van der Waals surface area contributed by atoms with Crippen molar-refractivity contribution in [2.45, 2.75) is 19.8 Å². The molecule has 2 fully saturated rings. The summed E-state index contributed by atoms with van der Waals surface area (Å²) < 4.78 is 0. The van der Waals surface area contributed by atoms with E-state index in [2.05, 4.69) is 28.7 Å². The standard InChI is InChI=1S/C27H35N3O2/c1-21-11-13-29(14-12-21)19-26(31)24-7-3-22(4-8-24)23-5-9-25(10-6-23)27(32)20-30-17-15-28(2)16-18-30/h3-10,21H,11-20H2,1-2H3. The third kappa shape index (κ3) is 5.91. The number of likely N-dealkylation sites (tertiary alicyclic amines) is 1. The molecule has 0 unspecified atom stereocenters. The Hall–Kier alpha value is -2.34. The zero-order valence-corrected chi connectivity index (χ0v) is 19.4. The SMILES string of the molecule is CC1CCN(CC(=O)c2ccc(-c3ccc(C(=O)CN4CCN(C)CC4)cc3)cc2)CC1. The normalized spacial score (nSPS) is 19.2. The lowest BCUT2D eigenvalue weighted by molar-refractivity contribution is 0.0874. The first-order chi connectivity index (χ1) is 15.5. The molecule has 2 aliphatic heterocycles. The largest absolute Gasteiger partial charge is 0.304 e. The third-order valence-corrected chi connectivity index (χ3v) is 6.95. The van der Waals surface area contributed by atoms with Crippen molar-refractivity contribution < 1.29 is 9.59 Å². The van der Waals surface area contributed by atoms with E-state index in [4.69, 9.17) is 0 Å². The van der Waals surface area contributed by atoms with Crippen molar-refractivity contribution in [2.24, 2.45) is 5.92 Å². The number of carbonyl (C=O) groups excluding carboxylic acids is 2. The summed E-state index contributed by atoms with van der Waals surface area (Å²) in [6.45, 7) is 9.24. The van der Waals surface area contributed by atoms with Gasteiger partial charge in [-0.15, -0.1) is 0 Å². The van der Waals surface area contributed by atoms with Gasteiger partial charge in [0.05, 0.1) is 13.1 Å². The van der Waals surface area contributed by atoms with Crippen molar-refractivity contribution in [1.82, 2.24) is 14.7 Å². The summed E-state index contributed by atoms with van der Waals surface area (Å²) in [5.41, 5.74) is 3.65. The Morgan fingerprint density at radius 2 is 1.09 bits per heavy atom. The van der Waals surface area contributed by atoms with Crippen LogP contribution < -0.4 is 0 Å². The molecule has 0 atom stereocenters. The number of Topliss-reactive ketones (excluding diaryl/α,β-unsaturated/α-hetero) is 2. The van der Waals surface area contributed by atoms with Gasteiger partial charge < -0.3 is 4.90 Å². The Bertz CT molecular complexity index is 829. The zero-order valence-electron chi connectivity index (χ0n) is 19.4. The van der Waals surface area contributed by atoms with Crippen LogP contribution in [-0.4, -0.2) is 85.7 Å². The van der Waals surface area contributed by atoms with E-state index in [0.717, 1.165) is 67.4 Å². The van der Waals surface area contributed by atoms with Crippen LogP contribution in [0.4, 0.5) is 0 Å². The predicted molar refractivity (Wildman–Crippen MR) is 129 cm³/mol.